The molecule has 0 spiro atoms. The first-order valence-electron chi connectivity index (χ1n) is 7.68. The van der Waals surface area contributed by atoms with Gasteiger partial charge in [-0.05, 0) is 34.9 Å². The van der Waals surface area contributed by atoms with Crippen LogP contribution in [0, 0.1) is 6.92 Å². The Hall–Kier alpha value is -2.78. The molecule has 0 aliphatic carbocycles. The molecule has 116 valence electrons. The molecule has 24 heavy (non-hydrogen) atoms. The van der Waals surface area contributed by atoms with Crippen LogP contribution in [0.2, 0.25) is 5.28 Å². The third-order valence-corrected chi connectivity index (χ3v) is 4.19. The fourth-order valence-electron chi connectivity index (χ4n) is 2.84. The number of fused-ring (bicyclic) bond motifs is 1. The van der Waals surface area contributed by atoms with E-state index in [9.17, 15) is 0 Å². The largest absolute Gasteiger partial charge is 0.226 e. The number of aryl methyl sites for hydroxylation is 1. The van der Waals surface area contributed by atoms with E-state index in [1.807, 2.05) is 55.5 Å². The third-order valence-electron chi connectivity index (χ3n) is 4.02. The highest BCUT2D eigenvalue weighted by Crippen LogP contribution is 2.28. The maximum absolute atomic E-state index is 6.19. The second kappa shape index (κ2) is 6.02. The van der Waals surface area contributed by atoms with Crippen molar-refractivity contribution >= 4 is 22.4 Å². The van der Waals surface area contributed by atoms with Gasteiger partial charge in [0.05, 0.1) is 0 Å². The van der Waals surface area contributed by atoms with Crippen molar-refractivity contribution in [3.63, 3.8) is 0 Å². The van der Waals surface area contributed by atoms with Crippen LogP contribution < -0.4 is 0 Å². The van der Waals surface area contributed by atoms with E-state index in [1.54, 1.807) is 0 Å². The van der Waals surface area contributed by atoms with Crippen LogP contribution in [0.4, 0.5) is 0 Å². The molecule has 0 saturated heterocycles. The topological polar surface area (TPSA) is 38.7 Å². The summed E-state index contributed by atoms with van der Waals surface area (Å²) < 4.78 is 0. The minimum Gasteiger partial charge on any atom is -0.208 e. The van der Waals surface area contributed by atoms with Crippen molar-refractivity contribution in [1.29, 1.82) is 0 Å². The molecular formula is C20H14ClN3. The van der Waals surface area contributed by atoms with Gasteiger partial charge in [0.2, 0.25) is 5.28 Å². The fraction of sp³-hybridized carbons (Fsp3) is 0.0500. The highest BCUT2D eigenvalue weighted by Gasteiger charge is 2.12. The van der Waals surface area contributed by atoms with Gasteiger partial charge in [0, 0.05) is 11.1 Å². The summed E-state index contributed by atoms with van der Waals surface area (Å²) in [4.78, 5) is 13.3. The predicted molar refractivity (Wildman–Crippen MR) is 98.0 cm³/mol. The molecule has 0 bridgehead atoms. The first kappa shape index (κ1) is 14.8. The molecule has 3 nitrogen and oxygen atoms in total. The molecule has 4 heteroatoms. The van der Waals surface area contributed by atoms with Crippen LogP contribution in [-0.4, -0.2) is 15.0 Å². The summed E-state index contributed by atoms with van der Waals surface area (Å²) in [5, 5.41) is 2.44. The molecule has 0 amide bonds. The van der Waals surface area contributed by atoms with E-state index in [0.717, 1.165) is 27.5 Å². The number of benzene rings is 3. The highest BCUT2D eigenvalue weighted by atomic mass is 35.5. The van der Waals surface area contributed by atoms with Gasteiger partial charge in [-0.2, -0.15) is 9.97 Å². The minimum atomic E-state index is 0.200. The lowest BCUT2D eigenvalue weighted by molar-refractivity contribution is 1.06. The van der Waals surface area contributed by atoms with Crippen molar-refractivity contribution in [2.24, 2.45) is 0 Å². The average Bonchev–Trinajstić information content (AvgIpc) is 2.61. The summed E-state index contributed by atoms with van der Waals surface area (Å²) in [6.07, 6.45) is 0. The number of hydrogen-bond acceptors (Lipinski definition) is 3. The lowest BCUT2D eigenvalue weighted by Crippen LogP contribution is -1.98. The van der Waals surface area contributed by atoms with Gasteiger partial charge in [-0.25, -0.2) is 4.98 Å². The Morgan fingerprint density at radius 3 is 2.12 bits per heavy atom. The first-order chi connectivity index (χ1) is 11.7. The molecule has 0 atom stereocenters. The van der Waals surface area contributed by atoms with E-state index in [4.69, 9.17) is 11.6 Å². The predicted octanol–water partition coefficient (Wildman–Crippen LogP) is 5.32. The van der Waals surface area contributed by atoms with Crippen molar-refractivity contribution < 1.29 is 0 Å². The van der Waals surface area contributed by atoms with E-state index in [-0.39, 0.29) is 5.28 Å². The molecule has 3 aromatic carbocycles. The monoisotopic (exact) mass is 331 g/mol. The molecule has 1 heterocycles. The van der Waals surface area contributed by atoms with Crippen LogP contribution in [0.25, 0.3) is 33.5 Å². The quantitative estimate of drug-likeness (QED) is 0.499. The summed E-state index contributed by atoms with van der Waals surface area (Å²) in [5.41, 5.74) is 3.01. The zero-order valence-electron chi connectivity index (χ0n) is 13.1. The second-order valence-corrected chi connectivity index (χ2v) is 5.93. The molecule has 4 aromatic rings. The summed E-state index contributed by atoms with van der Waals surface area (Å²) in [7, 11) is 0. The number of aromatic nitrogens is 3. The molecule has 0 radical (unpaired) electrons. The maximum Gasteiger partial charge on any atom is 0.226 e. The lowest BCUT2D eigenvalue weighted by Gasteiger charge is -2.09. The summed E-state index contributed by atoms with van der Waals surface area (Å²) in [6, 6.07) is 22.2. The van der Waals surface area contributed by atoms with E-state index in [0.29, 0.717) is 11.6 Å². The van der Waals surface area contributed by atoms with Crippen LogP contribution in [-0.2, 0) is 0 Å². The van der Waals surface area contributed by atoms with Gasteiger partial charge in [-0.3, -0.25) is 0 Å². The molecule has 0 aliphatic rings. The molecule has 0 unspecified atom stereocenters. The van der Waals surface area contributed by atoms with Gasteiger partial charge in [0.25, 0.3) is 0 Å². The first-order valence-corrected chi connectivity index (χ1v) is 8.06. The summed E-state index contributed by atoms with van der Waals surface area (Å²) in [5.74, 6) is 1.18. The smallest absolute Gasteiger partial charge is 0.208 e. The standard InChI is InChI=1S/C20H14ClN3/c1-13-7-2-4-10-15(13)18-22-19(24-20(21)23-18)17-12-6-9-14-8-3-5-11-16(14)17/h2-12H,1H3. The van der Waals surface area contributed by atoms with Crippen molar-refractivity contribution in [3.05, 3.63) is 77.6 Å². The summed E-state index contributed by atoms with van der Waals surface area (Å²) >= 11 is 6.19. The maximum atomic E-state index is 6.19. The van der Waals surface area contributed by atoms with Crippen molar-refractivity contribution in [2.45, 2.75) is 6.92 Å². The Morgan fingerprint density at radius 1 is 0.667 bits per heavy atom. The minimum absolute atomic E-state index is 0.200. The average molecular weight is 332 g/mol. The van der Waals surface area contributed by atoms with E-state index in [2.05, 4.69) is 33.2 Å². The van der Waals surface area contributed by atoms with Gasteiger partial charge < -0.3 is 0 Å². The molecule has 4 rings (SSSR count). The second-order valence-electron chi connectivity index (χ2n) is 5.59. The van der Waals surface area contributed by atoms with Gasteiger partial charge >= 0.3 is 0 Å². The van der Waals surface area contributed by atoms with E-state index < -0.39 is 0 Å². The van der Waals surface area contributed by atoms with E-state index >= 15 is 0 Å². The SMILES string of the molecule is Cc1ccccc1-c1nc(Cl)nc(-c2cccc3ccccc23)n1. The van der Waals surface area contributed by atoms with Gasteiger partial charge in [-0.15, -0.1) is 0 Å². The fourth-order valence-corrected chi connectivity index (χ4v) is 3.00. The normalized spacial score (nSPS) is 10.9. The van der Waals surface area contributed by atoms with Gasteiger partial charge in [-0.1, -0.05) is 66.7 Å². The highest BCUT2D eigenvalue weighted by molar-refractivity contribution is 6.28. The Bertz CT molecular complexity index is 1040. The van der Waals surface area contributed by atoms with Gasteiger partial charge in [0.15, 0.2) is 11.6 Å². The molecular weight excluding hydrogens is 318 g/mol. The van der Waals surface area contributed by atoms with Crippen LogP contribution in [0.3, 0.4) is 0 Å². The molecule has 0 fully saturated rings. The number of hydrogen-bond donors (Lipinski definition) is 0. The van der Waals surface area contributed by atoms with Crippen molar-refractivity contribution in [3.8, 4) is 22.8 Å². The zero-order valence-corrected chi connectivity index (χ0v) is 13.8. The Balaban J connectivity index is 1.95. The molecule has 0 aliphatic heterocycles. The van der Waals surface area contributed by atoms with Crippen molar-refractivity contribution in [2.75, 3.05) is 0 Å². The lowest BCUT2D eigenvalue weighted by atomic mass is 10.0. The Kier molecular flexibility index (Phi) is 3.71. The van der Waals surface area contributed by atoms with Crippen LogP contribution in [0.5, 0.6) is 0 Å². The summed E-state index contributed by atoms with van der Waals surface area (Å²) in [6.45, 7) is 2.03. The van der Waals surface area contributed by atoms with E-state index in [1.165, 1.54) is 0 Å². The third kappa shape index (κ3) is 2.63. The number of nitrogens with zero attached hydrogens (tertiary/aromatic N) is 3. The molecule has 0 saturated carbocycles. The van der Waals surface area contributed by atoms with Crippen LogP contribution >= 0.6 is 11.6 Å². The van der Waals surface area contributed by atoms with Crippen LogP contribution in [0.15, 0.2) is 66.7 Å². The van der Waals surface area contributed by atoms with Crippen molar-refractivity contribution in [1.82, 2.24) is 15.0 Å². The van der Waals surface area contributed by atoms with Gasteiger partial charge in [0.1, 0.15) is 0 Å². The number of rotatable bonds is 2. The Morgan fingerprint density at radius 2 is 1.29 bits per heavy atom. The number of halogens is 1. The zero-order chi connectivity index (χ0) is 16.5. The molecule has 1 aromatic heterocycles. The molecule has 0 N–H and O–H groups in total. The Labute approximate surface area is 145 Å². The van der Waals surface area contributed by atoms with Crippen LogP contribution in [0.1, 0.15) is 5.56 Å².